The van der Waals surface area contributed by atoms with E-state index in [4.69, 9.17) is 4.74 Å². The van der Waals surface area contributed by atoms with Crippen molar-refractivity contribution in [2.75, 3.05) is 13.7 Å². The molecule has 4 rings (SSSR count). The lowest BCUT2D eigenvalue weighted by molar-refractivity contribution is 0.0165. The topological polar surface area (TPSA) is 29.5 Å². The van der Waals surface area contributed by atoms with E-state index in [2.05, 4.69) is 26.0 Å². The summed E-state index contributed by atoms with van der Waals surface area (Å²) in [5, 5.41) is 10.2. The highest BCUT2D eigenvalue weighted by molar-refractivity contribution is 5.43. The summed E-state index contributed by atoms with van der Waals surface area (Å²) in [5.41, 5.74) is 3.51. The number of ether oxygens (including phenoxy) is 1. The molecule has 28 heavy (non-hydrogen) atoms. The maximum absolute atomic E-state index is 10.2. The number of unbranched alkanes of at least 4 members (excludes halogenated alkanes) is 3. The van der Waals surface area contributed by atoms with Crippen molar-refractivity contribution < 1.29 is 9.84 Å². The molecule has 1 aromatic rings. The molecule has 0 bridgehead atoms. The second-order valence-electron chi connectivity index (χ2n) is 10.4. The summed E-state index contributed by atoms with van der Waals surface area (Å²) in [6.45, 7) is 6.02. The highest BCUT2D eigenvalue weighted by Gasteiger charge is 2.55. The predicted molar refractivity (Wildman–Crippen MR) is 116 cm³/mol. The Morgan fingerprint density at radius 1 is 1.04 bits per heavy atom. The SMILES string of the molecule is COCCCCCC[C@@H]1C[C@]2(C)[C@H](CCC3[C@H]2CC[C@@H]3C)c2ccc(O)cc21. The zero-order valence-corrected chi connectivity index (χ0v) is 18.3. The number of hydrogen-bond donors (Lipinski definition) is 1. The summed E-state index contributed by atoms with van der Waals surface area (Å²) in [6, 6.07) is 6.32. The number of rotatable bonds is 7. The molecule has 0 spiro atoms. The Morgan fingerprint density at radius 2 is 1.86 bits per heavy atom. The van der Waals surface area contributed by atoms with Crippen molar-refractivity contribution in [3.63, 3.8) is 0 Å². The van der Waals surface area contributed by atoms with Gasteiger partial charge < -0.3 is 9.84 Å². The molecule has 2 saturated carbocycles. The van der Waals surface area contributed by atoms with Gasteiger partial charge in [-0.15, -0.1) is 0 Å². The zero-order valence-electron chi connectivity index (χ0n) is 18.3. The Balaban J connectivity index is 1.54. The second-order valence-corrected chi connectivity index (χ2v) is 10.4. The third-order valence-electron chi connectivity index (χ3n) is 8.84. The van der Waals surface area contributed by atoms with E-state index in [0.29, 0.717) is 23.0 Å². The van der Waals surface area contributed by atoms with Crippen LogP contribution >= 0.6 is 0 Å². The van der Waals surface area contributed by atoms with Gasteiger partial charge in [-0.2, -0.15) is 0 Å². The van der Waals surface area contributed by atoms with Gasteiger partial charge in [0.1, 0.15) is 5.75 Å². The number of phenols is 1. The molecular weight excluding hydrogens is 344 g/mol. The largest absolute Gasteiger partial charge is 0.508 e. The fourth-order valence-corrected chi connectivity index (χ4v) is 7.45. The lowest BCUT2D eigenvalue weighted by Crippen LogP contribution is -2.45. The summed E-state index contributed by atoms with van der Waals surface area (Å²) < 4.78 is 5.19. The summed E-state index contributed by atoms with van der Waals surface area (Å²) >= 11 is 0. The van der Waals surface area contributed by atoms with Gasteiger partial charge in [-0.25, -0.2) is 0 Å². The molecule has 2 heteroatoms. The first-order chi connectivity index (χ1) is 13.5. The fraction of sp³-hybridized carbons (Fsp3) is 0.769. The van der Waals surface area contributed by atoms with Crippen molar-refractivity contribution in [3.8, 4) is 5.75 Å². The van der Waals surface area contributed by atoms with E-state index in [1.54, 1.807) is 12.7 Å². The Labute approximate surface area is 172 Å². The van der Waals surface area contributed by atoms with Crippen LogP contribution in [0.5, 0.6) is 5.75 Å². The van der Waals surface area contributed by atoms with Crippen LogP contribution < -0.4 is 0 Å². The lowest BCUT2D eigenvalue weighted by Gasteiger charge is -2.55. The van der Waals surface area contributed by atoms with E-state index < -0.39 is 0 Å². The summed E-state index contributed by atoms with van der Waals surface area (Å²) in [5.74, 6) is 4.56. The van der Waals surface area contributed by atoms with Crippen LogP contribution in [0.3, 0.4) is 0 Å². The smallest absolute Gasteiger partial charge is 0.115 e. The van der Waals surface area contributed by atoms with Crippen LogP contribution in [0.15, 0.2) is 18.2 Å². The molecule has 6 atom stereocenters. The molecule has 2 nitrogen and oxygen atoms in total. The first kappa shape index (κ1) is 20.3. The third-order valence-corrected chi connectivity index (χ3v) is 8.84. The maximum atomic E-state index is 10.2. The highest BCUT2D eigenvalue weighted by Crippen LogP contribution is 2.65. The van der Waals surface area contributed by atoms with Gasteiger partial charge in [0.25, 0.3) is 0 Å². The van der Waals surface area contributed by atoms with Crippen molar-refractivity contribution in [1.29, 1.82) is 0 Å². The van der Waals surface area contributed by atoms with E-state index in [1.165, 1.54) is 69.8 Å². The van der Waals surface area contributed by atoms with Crippen LogP contribution in [0.2, 0.25) is 0 Å². The summed E-state index contributed by atoms with van der Waals surface area (Å²) in [6.07, 6.45) is 13.3. The standard InChI is InChI=1S/C26H40O2/c1-18-9-13-24-21(18)12-14-25-22-11-10-20(27)16-23(22)19(17-26(24,25)2)8-6-4-5-7-15-28-3/h10-11,16,18-19,21,24-25,27H,4-9,12-15,17H2,1-3H3/t18-,19+,21?,24+,25+,26-/m0/s1. The Hall–Kier alpha value is -1.02. The van der Waals surface area contributed by atoms with E-state index in [-0.39, 0.29) is 0 Å². The van der Waals surface area contributed by atoms with Crippen molar-refractivity contribution >= 4 is 0 Å². The van der Waals surface area contributed by atoms with E-state index in [1.807, 2.05) is 6.07 Å². The molecule has 0 aromatic heterocycles. The van der Waals surface area contributed by atoms with Crippen molar-refractivity contribution in [3.05, 3.63) is 29.3 Å². The van der Waals surface area contributed by atoms with E-state index in [9.17, 15) is 5.11 Å². The summed E-state index contributed by atoms with van der Waals surface area (Å²) in [7, 11) is 1.80. The van der Waals surface area contributed by atoms with Gasteiger partial charge >= 0.3 is 0 Å². The van der Waals surface area contributed by atoms with Crippen LogP contribution in [-0.4, -0.2) is 18.8 Å². The number of methoxy groups -OCH3 is 1. The summed E-state index contributed by atoms with van der Waals surface area (Å²) in [4.78, 5) is 0. The molecule has 0 heterocycles. The minimum absolute atomic E-state index is 0.454. The zero-order chi connectivity index (χ0) is 19.7. The quantitative estimate of drug-likeness (QED) is 0.512. The van der Waals surface area contributed by atoms with E-state index in [0.717, 1.165) is 24.4 Å². The van der Waals surface area contributed by atoms with Crippen LogP contribution in [0.4, 0.5) is 0 Å². The molecule has 2 fully saturated rings. The number of phenolic OH excluding ortho intramolecular Hbond substituents is 1. The minimum atomic E-state index is 0.454. The average Bonchev–Trinajstić information content (AvgIpc) is 3.06. The molecule has 0 amide bonds. The lowest BCUT2D eigenvalue weighted by atomic mass is 9.49. The molecule has 1 aromatic carbocycles. The first-order valence-electron chi connectivity index (χ1n) is 11.9. The molecule has 3 aliphatic rings. The average molecular weight is 385 g/mol. The molecule has 3 aliphatic carbocycles. The van der Waals surface area contributed by atoms with Gasteiger partial charge in [0, 0.05) is 13.7 Å². The molecule has 0 radical (unpaired) electrons. The van der Waals surface area contributed by atoms with Crippen molar-refractivity contribution in [1.82, 2.24) is 0 Å². The minimum Gasteiger partial charge on any atom is -0.508 e. The second kappa shape index (κ2) is 8.38. The molecule has 1 unspecified atom stereocenters. The number of hydrogen-bond acceptors (Lipinski definition) is 2. The van der Waals surface area contributed by atoms with Crippen LogP contribution in [0.25, 0.3) is 0 Å². The van der Waals surface area contributed by atoms with Crippen LogP contribution in [0, 0.1) is 23.2 Å². The number of benzene rings is 1. The van der Waals surface area contributed by atoms with Gasteiger partial charge in [-0.05, 0) is 96.8 Å². The molecule has 1 N–H and O–H groups in total. The molecule has 0 aliphatic heterocycles. The van der Waals surface area contributed by atoms with Crippen LogP contribution in [0.1, 0.15) is 101 Å². The third kappa shape index (κ3) is 3.62. The normalized spacial score (nSPS) is 36.6. The molecular formula is C26H40O2. The maximum Gasteiger partial charge on any atom is 0.115 e. The number of fused-ring (bicyclic) bond motifs is 5. The predicted octanol–water partition coefficient (Wildman–Crippen LogP) is 7.02. The van der Waals surface area contributed by atoms with Crippen molar-refractivity contribution in [2.24, 2.45) is 23.2 Å². The van der Waals surface area contributed by atoms with Gasteiger partial charge in [-0.1, -0.05) is 45.6 Å². The number of aromatic hydroxyl groups is 1. The monoisotopic (exact) mass is 384 g/mol. The Bertz CT molecular complexity index is 668. The van der Waals surface area contributed by atoms with Crippen molar-refractivity contribution in [2.45, 2.75) is 89.9 Å². The van der Waals surface area contributed by atoms with Gasteiger partial charge in [0.2, 0.25) is 0 Å². The Kier molecular flexibility index (Phi) is 6.06. The molecule has 0 saturated heterocycles. The Morgan fingerprint density at radius 3 is 2.68 bits per heavy atom. The van der Waals surface area contributed by atoms with Gasteiger partial charge in [0.05, 0.1) is 0 Å². The first-order valence-corrected chi connectivity index (χ1v) is 11.9. The fourth-order valence-electron chi connectivity index (χ4n) is 7.45. The van der Waals surface area contributed by atoms with E-state index >= 15 is 0 Å². The van der Waals surface area contributed by atoms with Gasteiger partial charge in [-0.3, -0.25) is 0 Å². The highest BCUT2D eigenvalue weighted by atomic mass is 16.5. The van der Waals surface area contributed by atoms with Gasteiger partial charge in [0.15, 0.2) is 0 Å². The molecule has 156 valence electrons. The van der Waals surface area contributed by atoms with Crippen LogP contribution in [-0.2, 0) is 4.74 Å².